The second-order valence-electron chi connectivity index (χ2n) is 11.9. The molecule has 2 aromatic carbocycles. The predicted molar refractivity (Wildman–Crippen MR) is 178 cm³/mol. The van der Waals surface area contributed by atoms with Crippen molar-refractivity contribution >= 4 is 40.8 Å². The fraction of sp³-hybridized carbons (Fsp3) is 0.400. The van der Waals surface area contributed by atoms with E-state index in [4.69, 9.17) is 16.3 Å². The Bertz CT molecular complexity index is 1650. The number of likely N-dealkylation sites (N-methyl/N-ethyl adjacent to an activating group) is 1. The molecule has 3 aromatic rings. The van der Waals surface area contributed by atoms with E-state index in [0.717, 1.165) is 18.3 Å². The molecule has 49 heavy (non-hydrogen) atoms. The lowest BCUT2D eigenvalue weighted by atomic mass is 9.90. The van der Waals surface area contributed by atoms with Crippen molar-refractivity contribution in [2.75, 3.05) is 45.7 Å². The number of benzene rings is 2. The molecule has 0 radical (unpaired) electrons. The average Bonchev–Trinajstić information content (AvgIpc) is 3.09. The summed E-state index contributed by atoms with van der Waals surface area (Å²) in [6.07, 6.45) is -0.0779. The molecule has 1 aliphatic rings. The van der Waals surface area contributed by atoms with E-state index in [2.05, 4.69) is 20.5 Å². The van der Waals surface area contributed by atoms with Crippen molar-refractivity contribution in [1.82, 2.24) is 20.1 Å². The van der Waals surface area contributed by atoms with Crippen LogP contribution in [0, 0.1) is 11.7 Å². The average molecular weight is 702 g/mol. The van der Waals surface area contributed by atoms with E-state index in [9.17, 15) is 19.2 Å². The van der Waals surface area contributed by atoms with Crippen LogP contribution in [0.4, 0.5) is 18.9 Å². The first kappa shape index (κ1) is 37.3. The number of halogens is 4. The first-order valence-corrected chi connectivity index (χ1v) is 16.2. The van der Waals surface area contributed by atoms with Crippen LogP contribution in [0.5, 0.6) is 5.88 Å². The van der Waals surface area contributed by atoms with Crippen LogP contribution in [-0.2, 0) is 37.9 Å². The van der Waals surface area contributed by atoms with E-state index in [1.54, 1.807) is 36.1 Å². The van der Waals surface area contributed by atoms with Crippen LogP contribution in [-0.4, -0.2) is 84.7 Å². The lowest BCUT2D eigenvalue weighted by Crippen LogP contribution is -2.54. The molecule has 2 heterocycles. The molecule has 4 rings (SSSR count). The van der Waals surface area contributed by atoms with E-state index >= 15 is 13.2 Å². The normalized spacial score (nSPS) is 14.9. The number of hydrogen-bond donors (Lipinski definition) is 2. The summed E-state index contributed by atoms with van der Waals surface area (Å²) in [6.45, 7) is 4.01. The van der Waals surface area contributed by atoms with Crippen LogP contribution in [0.15, 0.2) is 60.8 Å². The molecule has 1 aliphatic heterocycles. The van der Waals surface area contributed by atoms with E-state index < -0.39 is 47.4 Å². The molecule has 262 valence electrons. The van der Waals surface area contributed by atoms with Crippen molar-refractivity contribution < 1.29 is 37.1 Å². The highest BCUT2D eigenvalue weighted by molar-refractivity contribution is 6.31. The Morgan fingerprint density at radius 3 is 2.35 bits per heavy atom. The monoisotopic (exact) mass is 701 g/mol. The molecule has 1 fully saturated rings. The molecule has 0 aliphatic carbocycles. The van der Waals surface area contributed by atoms with Gasteiger partial charge < -0.3 is 25.2 Å². The predicted octanol–water partition coefficient (Wildman–Crippen LogP) is 4.64. The molecule has 1 aromatic heterocycles. The zero-order valence-corrected chi connectivity index (χ0v) is 28.2. The largest absolute Gasteiger partial charge is 0.481 e. The SMILES string of the molecule is CCC(=O)N[C@H](Cc1ccc(NC(=O)[C@@H](CC(=O)C(F)(F)c2ccc(OC)nc2)Cc2ccccc2Cl)c(F)c1)C(=O)N1CCN(C)CC1. The summed E-state index contributed by atoms with van der Waals surface area (Å²) >= 11 is 6.29. The summed E-state index contributed by atoms with van der Waals surface area (Å²) in [5, 5.41) is 5.43. The van der Waals surface area contributed by atoms with Gasteiger partial charge in [0.25, 0.3) is 0 Å². The number of rotatable bonds is 14. The van der Waals surface area contributed by atoms with Crippen LogP contribution in [0.1, 0.15) is 36.5 Å². The van der Waals surface area contributed by atoms with Gasteiger partial charge in [-0.05, 0) is 48.9 Å². The minimum absolute atomic E-state index is 0.000984. The number of Topliss-reactive ketones (excluding diaryl/α,β-unsaturated/α-hetero) is 1. The highest BCUT2D eigenvalue weighted by Crippen LogP contribution is 2.33. The Balaban J connectivity index is 1.52. The Hall–Kier alpha value is -4.49. The number of anilines is 1. The summed E-state index contributed by atoms with van der Waals surface area (Å²) in [7, 11) is 3.27. The summed E-state index contributed by atoms with van der Waals surface area (Å²) < 4.78 is 50.9. The highest BCUT2D eigenvalue weighted by atomic mass is 35.5. The fourth-order valence-corrected chi connectivity index (χ4v) is 5.60. The van der Waals surface area contributed by atoms with Gasteiger partial charge in [0.05, 0.1) is 12.8 Å². The van der Waals surface area contributed by atoms with Crippen LogP contribution in [0.2, 0.25) is 5.02 Å². The maximum Gasteiger partial charge on any atom is 0.331 e. The van der Waals surface area contributed by atoms with Gasteiger partial charge in [0.2, 0.25) is 29.4 Å². The van der Waals surface area contributed by atoms with Gasteiger partial charge >= 0.3 is 5.92 Å². The minimum atomic E-state index is -3.98. The second-order valence-corrected chi connectivity index (χ2v) is 12.3. The number of nitrogens with zero attached hydrogens (tertiary/aromatic N) is 3. The summed E-state index contributed by atoms with van der Waals surface area (Å²) in [5.74, 6) is -9.11. The number of carbonyl (C=O) groups excluding carboxylic acids is 4. The van der Waals surface area contributed by atoms with Crippen molar-refractivity contribution in [2.45, 2.75) is 44.6 Å². The topological polar surface area (TPSA) is 121 Å². The van der Waals surface area contributed by atoms with Crippen molar-refractivity contribution in [1.29, 1.82) is 0 Å². The Morgan fingerprint density at radius 2 is 1.73 bits per heavy atom. The van der Waals surface area contributed by atoms with Crippen LogP contribution < -0.4 is 15.4 Å². The lowest BCUT2D eigenvalue weighted by molar-refractivity contribution is -0.146. The second kappa shape index (κ2) is 16.8. The number of amides is 3. The molecule has 10 nitrogen and oxygen atoms in total. The van der Waals surface area contributed by atoms with E-state index in [1.165, 1.54) is 25.3 Å². The first-order chi connectivity index (χ1) is 23.3. The van der Waals surface area contributed by atoms with Gasteiger partial charge in [-0.3, -0.25) is 19.2 Å². The molecule has 0 unspecified atom stereocenters. The number of methoxy groups -OCH3 is 1. The highest BCUT2D eigenvalue weighted by Gasteiger charge is 2.43. The lowest BCUT2D eigenvalue weighted by Gasteiger charge is -2.34. The maximum absolute atomic E-state index is 15.4. The molecule has 0 bridgehead atoms. The van der Waals surface area contributed by atoms with Gasteiger partial charge in [-0.2, -0.15) is 8.78 Å². The Morgan fingerprint density at radius 1 is 1.02 bits per heavy atom. The smallest absolute Gasteiger partial charge is 0.331 e. The third-order valence-electron chi connectivity index (χ3n) is 8.39. The summed E-state index contributed by atoms with van der Waals surface area (Å²) in [4.78, 5) is 59.6. The van der Waals surface area contributed by atoms with Crippen molar-refractivity contribution in [3.05, 3.63) is 88.3 Å². The van der Waals surface area contributed by atoms with Crippen molar-refractivity contribution in [3.63, 3.8) is 0 Å². The van der Waals surface area contributed by atoms with Gasteiger partial charge in [0.15, 0.2) is 0 Å². The molecular formula is C35H39ClF3N5O5. The van der Waals surface area contributed by atoms with Crippen LogP contribution in [0.3, 0.4) is 0 Å². The Labute approximate surface area is 288 Å². The fourth-order valence-electron chi connectivity index (χ4n) is 5.39. The number of alkyl halides is 2. The van der Waals surface area contributed by atoms with E-state index in [-0.39, 0.29) is 47.7 Å². The molecule has 0 saturated carbocycles. The summed E-state index contributed by atoms with van der Waals surface area (Å²) in [6, 6.07) is 11.7. The van der Waals surface area contributed by atoms with Gasteiger partial charge in [-0.15, -0.1) is 0 Å². The third-order valence-corrected chi connectivity index (χ3v) is 8.75. The zero-order valence-electron chi connectivity index (χ0n) is 27.5. The van der Waals surface area contributed by atoms with Crippen LogP contribution >= 0.6 is 11.6 Å². The number of carbonyl (C=O) groups is 4. The summed E-state index contributed by atoms with van der Waals surface area (Å²) in [5.41, 5.74) is -0.102. The molecule has 14 heteroatoms. The molecule has 3 amide bonds. The number of hydrogen-bond acceptors (Lipinski definition) is 7. The maximum atomic E-state index is 15.4. The van der Waals surface area contributed by atoms with E-state index in [0.29, 0.717) is 37.3 Å². The number of ether oxygens (including phenoxy) is 1. The third kappa shape index (κ3) is 9.79. The van der Waals surface area contributed by atoms with E-state index in [1.807, 2.05) is 7.05 Å². The number of ketones is 1. The zero-order chi connectivity index (χ0) is 35.7. The molecular weight excluding hydrogens is 663 g/mol. The quantitative estimate of drug-likeness (QED) is 0.251. The van der Waals surface area contributed by atoms with Gasteiger partial charge in [-0.1, -0.05) is 42.8 Å². The first-order valence-electron chi connectivity index (χ1n) is 15.8. The number of piperazine rings is 1. The van der Waals surface area contributed by atoms with Crippen LogP contribution in [0.25, 0.3) is 0 Å². The van der Waals surface area contributed by atoms with Crippen molar-refractivity contribution in [3.8, 4) is 5.88 Å². The molecule has 1 saturated heterocycles. The Kier molecular flexibility index (Phi) is 12.8. The standard InChI is InChI=1S/C35H39ClF3N5O5/c1-4-31(46)41-29(34(48)44-15-13-43(2)14-16-44)18-22-9-11-28(27(37)17-22)42-33(47)24(19-23-7-5-6-8-26(23)36)20-30(45)35(38,39)25-10-12-32(49-3)40-21-25/h5-12,17,21,24,29H,4,13-16,18-20H2,1-3H3,(H,41,46)(H,42,47)/t24-,29-/m1/s1. The van der Waals surface area contributed by atoms with Crippen molar-refractivity contribution in [2.24, 2.45) is 5.92 Å². The van der Waals surface area contributed by atoms with Gasteiger partial charge in [-0.25, -0.2) is 9.37 Å². The number of pyridine rings is 1. The van der Waals surface area contributed by atoms with Gasteiger partial charge in [0, 0.05) is 74.2 Å². The number of nitrogens with one attached hydrogen (secondary N) is 2. The number of aromatic nitrogens is 1. The molecule has 0 spiro atoms. The van der Waals surface area contributed by atoms with Gasteiger partial charge in [0.1, 0.15) is 11.9 Å². The molecule has 2 atom stereocenters. The minimum Gasteiger partial charge on any atom is -0.481 e. The molecule has 2 N–H and O–H groups in total.